The quantitative estimate of drug-likeness (QED) is 0.885. The van der Waals surface area contributed by atoms with Gasteiger partial charge >= 0.3 is 0 Å². The van der Waals surface area contributed by atoms with E-state index in [9.17, 15) is 5.11 Å². The first-order chi connectivity index (χ1) is 10.2. The molecule has 21 heavy (non-hydrogen) atoms. The number of nitrogens with one attached hydrogen (secondary N) is 1. The van der Waals surface area contributed by atoms with E-state index in [1.807, 2.05) is 18.2 Å². The average molecular weight is 288 g/mol. The summed E-state index contributed by atoms with van der Waals surface area (Å²) in [6, 6.07) is 5.84. The molecule has 0 aliphatic carbocycles. The summed E-state index contributed by atoms with van der Waals surface area (Å²) in [4.78, 5) is 4.41. The molecule has 1 unspecified atom stereocenters. The minimum Gasteiger partial charge on any atom is -0.454 e. The van der Waals surface area contributed by atoms with Gasteiger partial charge in [-0.25, -0.2) is 4.98 Å². The summed E-state index contributed by atoms with van der Waals surface area (Å²) in [7, 11) is 0. The maximum Gasteiger partial charge on any atom is 0.231 e. The van der Waals surface area contributed by atoms with Gasteiger partial charge in [0, 0.05) is 11.6 Å². The van der Waals surface area contributed by atoms with E-state index in [4.69, 9.17) is 9.47 Å². The molecule has 1 atom stereocenters. The predicted octanol–water partition coefficient (Wildman–Crippen LogP) is 2.78. The maximum absolute atomic E-state index is 9.53. The van der Waals surface area contributed by atoms with Crippen LogP contribution in [0.3, 0.4) is 0 Å². The molecule has 112 valence electrons. The fraction of sp³-hybridized carbons (Fsp3) is 0.438. The van der Waals surface area contributed by atoms with Crippen LogP contribution < -0.4 is 14.8 Å². The molecule has 0 fully saturated rings. The minimum absolute atomic E-state index is 0.00600. The van der Waals surface area contributed by atoms with E-state index in [0.29, 0.717) is 5.92 Å². The Balaban J connectivity index is 1.94. The third kappa shape index (κ3) is 2.88. The molecular formula is C16H20N2O3. The van der Waals surface area contributed by atoms with Crippen molar-refractivity contribution in [2.75, 3.05) is 18.7 Å². The molecule has 1 aliphatic rings. The Morgan fingerprint density at radius 1 is 1.29 bits per heavy atom. The van der Waals surface area contributed by atoms with E-state index < -0.39 is 0 Å². The Kier molecular flexibility index (Phi) is 3.84. The van der Waals surface area contributed by atoms with E-state index >= 15 is 0 Å². The van der Waals surface area contributed by atoms with Crippen molar-refractivity contribution in [3.8, 4) is 11.5 Å². The highest BCUT2D eigenvalue weighted by molar-refractivity contribution is 5.94. The van der Waals surface area contributed by atoms with Crippen molar-refractivity contribution in [3.05, 3.63) is 24.4 Å². The van der Waals surface area contributed by atoms with E-state index in [2.05, 4.69) is 24.1 Å². The largest absolute Gasteiger partial charge is 0.454 e. The normalized spacial score (nSPS) is 14.7. The number of aliphatic hydroxyl groups excluding tert-OH is 1. The second-order valence-corrected chi connectivity index (χ2v) is 5.74. The zero-order chi connectivity index (χ0) is 14.8. The van der Waals surface area contributed by atoms with Crippen LogP contribution in [0, 0.1) is 5.92 Å². The monoisotopic (exact) mass is 288 g/mol. The van der Waals surface area contributed by atoms with Crippen molar-refractivity contribution < 1.29 is 14.6 Å². The van der Waals surface area contributed by atoms with E-state index in [1.54, 1.807) is 6.20 Å². The zero-order valence-corrected chi connectivity index (χ0v) is 12.3. The Hall–Kier alpha value is -2.01. The Morgan fingerprint density at radius 2 is 2.05 bits per heavy atom. The highest BCUT2D eigenvalue weighted by atomic mass is 16.7. The molecule has 1 aromatic heterocycles. The van der Waals surface area contributed by atoms with Gasteiger partial charge in [0.15, 0.2) is 11.5 Å². The van der Waals surface area contributed by atoms with E-state index in [0.717, 1.165) is 34.5 Å². The van der Waals surface area contributed by atoms with Gasteiger partial charge in [0.2, 0.25) is 6.79 Å². The molecule has 0 spiro atoms. The summed E-state index contributed by atoms with van der Waals surface area (Å²) in [5.74, 6) is 2.78. The standard InChI is InChI=1S/C16H20N2O3/c1-10(2)5-12(8-19)18-16-13-7-15-14(20-9-21-15)6-11(13)3-4-17-16/h3-4,6-7,10,12,19H,5,8-9H2,1-2H3,(H,17,18). The lowest BCUT2D eigenvalue weighted by Crippen LogP contribution is -2.26. The second kappa shape index (κ2) is 5.77. The van der Waals surface area contributed by atoms with Crippen molar-refractivity contribution in [2.24, 2.45) is 5.92 Å². The van der Waals surface area contributed by atoms with Gasteiger partial charge in [0.05, 0.1) is 12.6 Å². The van der Waals surface area contributed by atoms with E-state index in [-0.39, 0.29) is 19.4 Å². The van der Waals surface area contributed by atoms with Crippen LogP contribution in [0.2, 0.25) is 0 Å². The van der Waals surface area contributed by atoms with Gasteiger partial charge in [-0.05, 0) is 35.9 Å². The van der Waals surface area contributed by atoms with Crippen LogP contribution in [-0.4, -0.2) is 29.5 Å². The van der Waals surface area contributed by atoms with Crippen molar-refractivity contribution in [1.82, 2.24) is 4.98 Å². The fourth-order valence-electron chi connectivity index (χ4n) is 2.62. The van der Waals surface area contributed by atoms with Gasteiger partial charge in [-0.1, -0.05) is 13.8 Å². The number of aliphatic hydroxyl groups is 1. The van der Waals surface area contributed by atoms with Crippen molar-refractivity contribution in [1.29, 1.82) is 0 Å². The van der Waals surface area contributed by atoms with Crippen LogP contribution in [0.5, 0.6) is 11.5 Å². The topological polar surface area (TPSA) is 63.6 Å². The SMILES string of the molecule is CC(C)CC(CO)Nc1nccc2cc3c(cc12)OCO3. The van der Waals surface area contributed by atoms with Crippen LogP contribution in [0.4, 0.5) is 5.82 Å². The summed E-state index contributed by atoms with van der Waals surface area (Å²) >= 11 is 0. The molecule has 0 amide bonds. The number of fused-ring (bicyclic) bond motifs is 2. The highest BCUT2D eigenvalue weighted by Gasteiger charge is 2.17. The number of rotatable bonds is 5. The maximum atomic E-state index is 9.53. The van der Waals surface area contributed by atoms with Crippen LogP contribution in [0.1, 0.15) is 20.3 Å². The molecule has 1 aliphatic heterocycles. The molecule has 0 saturated heterocycles. The van der Waals surface area contributed by atoms with Gasteiger partial charge in [0.25, 0.3) is 0 Å². The third-order valence-corrected chi connectivity index (χ3v) is 3.57. The number of aromatic nitrogens is 1. The van der Waals surface area contributed by atoms with Gasteiger partial charge in [0.1, 0.15) is 5.82 Å². The number of ether oxygens (including phenoxy) is 2. The van der Waals surface area contributed by atoms with Crippen LogP contribution >= 0.6 is 0 Å². The zero-order valence-electron chi connectivity index (χ0n) is 12.3. The van der Waals surface area contributed by atoms with Gasteiger partial charge < -0.3 is 19.9 Å². The molecule has 2 N–H and O–H groups in total. The van der Waals surface area contributed by atoms with Gasteiger partial charge in [-0.3, -0.25) is 0 Å². The molecule has 0 bridgehead atoms. The van der Waals surface area contributed by atoms with Crippen molar-refractivity contribution in [3.63, 3.8) is 0 Å². The van der Waals surface area contributed by atoms with Crippen LogP contribution in [-0.2, 0) is 0 Å². The lowest BCUT2D eigenvalue weighted by molar-refractivity contribution is 0.174. The third-order valence-electron chi connectivity index (χ3n) is 3.57. The number of hydrogen-bond acceptors (Lipinski definition) is 5. The fourth-order valence-corrected chi connectivity index (χ4v) is 2.62. The first-order valence-corrected chi connectivity index (χ1v) is 7.23. The summed E-state index contributed by atoms with van der Waals surface area (Å²) in [5.41, 5.74) is 0. The van der Waals surface area contributed by atoms with Crippen molar-refractivity contribution in [2.45, 2.75) is 26.3 Å². The summed E-state index contributed by atoms with van der Waals surface area (Å²) < 4.78 is 10.8. The van der Waals surface area contributed by atoms with E-state index in [1.165, 1.54) is 0 Å². The smallest absolute Gasteiger partial charge is 0.231 e. The highest BCUT2D eigenvalue weighted by Crippen LogP contribution is 2.37. The molecule has 2 aromatic rings. The number of anilines is 1. The molecule has 5 heteroatoms. The summed E-state index contributed by atoms with van der Waals surface area (Å²) in [5, 5.41) is 14.9. The molecular weight excluding hydrogens is 268 g/mol. The first-order valence-electron chi connectivity index (χ1n) is 7.23. The molecule has 5 nitrogen and oxygen atoms in total. The number of pyridine rings is 1. The number of benzene rings is 1. The molecule has 3 rings (SSSR count). The minimum atomic E-state index is -0.00600. The van der Waals surface area contributed by atoms with Crippen molar-refractivity contribution >= 4 is 16.6 Å². The first kappa shape index (κ1) is 13.9. The molecule has 0 radical (unpaired) electrons. The lowest BCUT2D eigenvalue weighted by Gasteiger charge is -2.20. The average Bonchev–Trinajstić information content (AvgIpc) is 2.91. The molecule has 2 heterocycles. The lowest BCUT2D eigenvalue weighted by atomic mass is 10.0. The molecule has 0 saturated carbocycles. The Labute approximate surface area is 123 Å². The Morgan fingerprint density at radius 3 is 2.76 bits per heavy atom. The Bertz CT molecular complexity index is 643. The van der Waals surface area contributed by atoms with Gasteiger partial charge in [-0.2, -0.15) is 0 Å². The summed E-state index contributed by atoms with van der Waals surface area (Å²) in [6.45, 7) is 4.62. The summed E-state index contributed by atoms with van der Waals surface area (Å²) in [6.07, 6.45) is 2.65. The predicted molar refractivity (Wildman–Crippen MR) is 81.8 cm³/mol. The molecule has 1 aromatic carbocycles. The number of nitrogens with zero attached hydrogens (tertiary/aromatic N) is 1. The van der Waals surface area contributed by atoms with Crippen LogP contribution in [0.15, 0.2) is 24.4 Å². The number of hydrogen-bond donors (Lipinski definition) is 2. The van der Waals surface area contributed by atoms with Gasteiger partial charge in [-0.15, -0.1) is 0 Å². The van der Waals surface area contributed by atoms with Crippen LogP contribution in [0.25, 0.3) is 10.8 Å². The second-order valence-electron chi connectivity index (χ2n) is 5.74.